The van der Waals surface area contributed by atoms with E-state index in [2.05, 4.69) is 5.32 Å². The Morgan fingerprint density at radius 3 is 1.59 bits per heavy atom. The molecule has 0 saturated heterocycles. The highest BCUT2D eigenvalue weighted by molar-refractivity contribution is 5.98. The number of nitrogens with one attached hydrogen (secondary N) is 1. The summed E-state index contributed by atoms with van der Waals surface area (Å²) in [5.74, 6) is -2.12. The lowest BCUT2D eigenvalue weighted by Crippen LogP contribution is -2.55. The standard InChI is InChI=1S/C28H30N2O4/c1-3-34-24(31)19-20(2)25(26(29)32)30-27(33)28(21-13-7-4-8-14-21,22-15-9-5-10-16-22)23-17-11-6-12-18-23/h4-18,20,25H,3,19H2,1-2H3,(H2,29,32)(H,30,33)/t20-,25-/m1/s1. The van der Waals surface area contributed by atoms with E-state index < -0.39 is 35.2 Å². The quantitative estimate of drug-likeness (QED) is 0.358. The smallest absolute Gasteiger partial charge is 0.306 e. The summed E-state index contributed by atoms with van der Waals surface area (Å²) in [7, 11) is 0. The number of amides is 2. The molecule has 0 saturated carbocycles. The van der Waals surface area contributed by atoms with E-state index in [0.717, 1.165) is 16.7 Å². The first-order valence-corrected chi connectivity index (χ1v) is 11.3. The Balaban J connectivity index is 2.13. The summed E-state index contributed by atoms with van der Waals surface area (Å²) in [4.78, 5) is 38.7. The number of ether oxygens (including phenoxy) is 1. The molecule has 0 radical (unpaired) electrons. The molecule has 0 spiro atoms. The van der Waals surface area contributed by atoms with E-state index in [1.807, 2.05) is 91.0 Å². The largest absolute Gasteiger partial charge is 0.466 e. The van der Waals surface area contributed by atoms with E-state index in [4.69, 9.17) is 10.5 Å². The Hall–Kier alpha value is -3.93. The number of primary amides is 1. The van der Waals surface area contributed by atoms with E-state index in [1.54, 1.807) is 13.8 Å². The molecule has 0 aliphatic carbocycles. The molecule has 2 atom stereocenters. The third-order valence-electron chi connectivity index (χ3n) is 5.92. The van der Waals surface area contributed by atoms with Crippen molar-refractivity contribution >= 4 is 17.8 Å². The van der Waals surface area contributed by atoms with Gasteiger partial charge in [0.05, 0.1) is 13.0 Å². The van der Waals surface area contributed by atoms with Gasteiger partial charge in [-0.1, -0.05) is 97.9 Å². The Kier molecular flexibility index (Phi) is 8.19. The SMILES string of the molecule is CCOC(=O)C[C@@H](C)[C@@H](NC(=O)C(c1ccccc1)(c1ccccc1)c1ccccc1)C(N)=O. The maximum Gasteiger partial charge on any atom is 0.306 e. The maximum absolute atomic E-state index is 14.3. The molecule has 0 bridgehead atoms. The van der Waals surface area contributed by atoms with Crippen LogP contribution in [0.25, 0.3) is 0 Å². The van der Waals surface area contributed by atoms with Crippen LogP contribution in [0.15, 0.2) is 91.0 Å². The molecule has 0 aliphatic heterocycles. The van der Waals surface area contributed by atoms with E-state index in [9.17, 15) is 14.4 Å². The number of hydrogen-bond donors (Lipinski definition) is 2. The minimum Gasteiger partial charge on any atom is -0.466 e. The number of esters is 1. The summed E-state index contributed by atoms with van der Waals surface area (Å²) in [6.45, 7) is 3.64. The lowest BCUT2D eigenvalue weighted by molar-refractivity contribution is -0.145. The molecular weight excluding hydrogens is 428 g/mol. The third kappa shape index (κ3) is 5.17. The first-order valence-electron chi connectivity index (χ1n) is 11.3. The molecule has 0 aromatic heterocycles. The summed E-state index contributed by atoms with van der Waals surface area (Å²) in [6.07, 6.45) is -0.0449. The average molecular weight is 459 g/mol. The highest BCUT2D eigenvalue weighted by Crippen LogP contribution is 2.39. The van der Waals surface area contributed by atoms with Gasteiger partial charge in [0.15, 0.2) is 0 Å². The molecule has 2 amide bonds. The van der Waals surface area contributed by atoms with Gasteiger partial charge in [0.25, 0.3) is 0 Å². The fourth-order valence-corrected chi connectivity index (χ4v) is 4.30. The Morgan fingerprint density at radius 2 is 1.24 bits per heavy atom. The van der Waals surface area contributed by atoms with Gasteiger partial charge >= 0.3 is 5.97 Å². The molecule has 6 nitrogen and oxygen atoms in total. The molecule has 3 aromatic carbocycles. The number of nitrogens with two attached hydrogens (primary N) is 1. The van der Waals surface area contributed by atoms with Crippen molar-refractivity contribution in [2.45, 2.75) is 31.7 Å². The van der Waals surface area contributed by atoms with Gasteiger partial charge in [-0.05, 0) is 29.5 Å². The van der Waals surface area contributed by atoms with Crippen molar-refractivity contribution in [1.29, 1.82) is 0 Å². The monoisotopic (exact) mass is 458 g/mol. The van der Waals surface area contributed by atoms with Crippen LogP contribution in [0, 0.1) is 5.92 Å². The van der Waals surface area contributed by atoms with Crippen LogP contribution < -0.4 is 11.1 Å². The normalized spacial score (nSPS) is 12.9. The molecule has 3 rings (SSSR count). The summed E-state index contributed by atoms with van der Waals surface area (Å²) in [5, 5.41) is 2.88. The van der Waals surface area contributed by atoms with Gasteiger partial charge in [-0.25, -0.2) is 0 Å². The Bertz CT molecular complexity index is 1000. The van der Waals surface area contributed by atoms with E-state index >= 15 is 0 Å². The van der Waals surface area contributed by atoms with Crippen molar-refractivity contribution in [2.75, 3.05) is 6.61 Å². The van der Waals surface area contributed by atoms with E-state index in [1.165, 1.54) is 0 Å². The second-order valence-electron chi connectivity index (χ2n) is 8.19. The van der Waals surface area contributed by atoms with Crippen LogP contribution in [0.5, 0.6) is 0 Å². The van der Waals surface area contributed by atoms with Gasteiger partial charge in [-0.2, -0.15) is 0 Å². The number of benzene rings is 3. The molecule has 3 N–H and O–H groups in total. The average Bonchev–Trinajstić information content (AvgIpc) is 2.85. The highest BCUT2D eigenvalue weighted by Gasteiger charge is 2.45. The lowest BCUT2D eigenvalue weighted by atomic mass is 9.68. The van der Waals surface area contributed by atoms with Gasteiger partial charge in [-0.3, -0.25) is 14.4 Å². The first-order chi connectivity index (χ1) is 16.4. The summed E-state index contributed by atoms with van der Waals surface area (Å²) in [5.41, 5.74) is 6.67. The van der Waals surface area contributed by atoms with Crippen molar-refractivity contribution < 1.29 is 19.1 Å². The number of carbonyl (C=O) groups excluding carboxylic acids is 3. The third-order valence-corrected chi connectivity index (χ3v) is 5.92. The minimum atomic E-state index is -1.25. The summed E-state index contributed by atoms with van der Waals surface area (Å²) >= 11 is 0. The van der Waals surface area contributed by atoms with Crippen LogP contribution in [0.4, 0.5) is 0 Å². The van der Waals surface area contributed by atoms with Crippen LogP contribution in [-0.2, 0) is 24.5 Å². The second-order valence-corrected chi connectivity index (χ2v) is 8.19. The molecule has 3 aromatic rings. The lowest BCUT2D eigenvalue weighted by Gasteiger charge is -2.36. The Morgan fingerprint density at radius 1 is 0.824 bits per heavy atom. The maximum atomic E-state index is 14.3. The number of hydrogen-bond acceptors (Lipinski definition) is 4. The molecular formula is C28H30N2O4. The van der Waals surface area contributed by atoms with Gasteiger partial charge < -0.3 is 15.8 Å². The van der Waals surface area contributed by atoms with Crippen molar-refractivity contribution in [1.82, 2.24) is 5.32 Å². The van der Waals surface area contributed by atoms with Gasteiger partial charge in [0, 0.05) is 0 Å². The van der Waals surface area contributed by atoms with Crippen molar-refractivity contribution in [3.8, 4) is 0 Å². The molecule has 0 fully saturated rings. The molecule has 0 heterocycles. The zero-order chi connectivity index (χ0) is 24.6. The van der Waals surface area contributed by atoms with Crippen molar-refractivity contribution in [2.24, 2.45) is 11.7 Å². The number of carbonyl (C=O) groups is 3. The zero-order valence-corrected chi connectivity index (χ0v) is 19.4. The van der Waals surface area contributed by atoms with Gasteiger partial charge in [-0.15, -0.1) is 0 Å². The first kappa shape index (κ1) is 24.7. The molecule has 6 heteroatoms. The second kappa shape index (κ2) is 11.3. The van der Waals surface area contributed by atoms with Crippen LogP contribution in [0.3, 0.4) is 0 Å². The molecule has 34 heavy (non-hydrogen) atoms. The fourth-order valence-electron chi connectivity index (χ4n) is 4.30. The van der Waals surface area contributed by atoms with E-state index in [0.29, 0.717) is 0 Å². The molecule has 0 unspecified atom stereocenters. The highest BCUT2D eigenvalue weighted by atomic mass is 16.5. The molecule has 176 valence electrons. The fraction of sp³-hybridized carbons (Fsp3) is 0.250. The van der Waals surface area contributed by atoms with Gasteiger partial charge in [0.2, 0.25) is 11.8 Å². The zero-order valence-electron chi connectivity index (χ0n) is 19.4. The predicted octanol–water partition coefficient (Wildman–Crippen LogP) is 3.58. The number of rotatable bonds is 10. The molecule has 0 aliphatic rings. The van der Waals surface area contributed by atoms with Crippen molar-refractivity contribution in [3.63, 3.8) is 0 Å². The van der Waals surface area contributed by atoms with Crippen LogP contribution in [0.1, 0.15) is 37.0 Å². The van der Waals surface area contributed by atoms with Crippen LogP contribution >= 0.6 is 0 Å². The summed E-state index contributed by atoms with van der Waals surface area (Å²) < 4.78 is 5.02. The Labute approximate surface area is 200 Å². The predicted molar refractivity (Wildman–Crippen MR) is 131 cm³/mol. The van der Waals surface area contributed by atoms with Crippen LogP contribution in [-0.4, -0.2) is 30.4 Å². The topological polar surface area (TPSA) is 98.5 Å². The minimum absolute atomic E-state index is 0.0449. The van der Waals surface area contributed by atoms with Gasteiger partial charge in [0.1, 0.15) is 11.5 Å². The van der Waals surface area contributed by atoms with Crippen molar-refractivity contribution in [3.05, 3.63) is 108 Å². The summed E-state index contributed by atoms with van der Waals surface area (Å²) in [6, 6.07) is 27.2. The van der Waals surface area contributed by atoms with E-state index in [-0.39, 0.29) is 13.0 Å². The van der Waals surface area contributed by atoms with Crippen LogP contribution in [0.2, 0.25) is 0 Å².